The Kier molecular flexibility index (Phi) is 4.53. The number of para-hydroxylation sites is 4. The summed E-state index contributed by atoms with van der Waals surface area (Å²) in [5, 5.41) is 1.64. The normalized spacial score (nSPS) is 29.0. The van der Waals surface area contributed by atoms with Crippen LogP contribution in [-0.2, 0) is 27.1 Å². The molecule has 73 heavy (non-hydrogen) atoms. The molecule has 0 atom stereocenters. The highest BCUT2D eigenvalue weighted by Crippen LogP contribution is 2.50. The predicted molar refractivity (Wildman–Crippen MR) is 302 cm³/mol. The van der Waals surface area contributed by atoms with Crippen molar-refractivity contribution in [3.63, 3.8) is 0 Å². The molecule has 366 valence electrons. The summed E-state index contributed by atoms with van der Waals surface area (Å²) < 4.78 is 393. The number of benzene rings is 7. The van der Waals surface area contributed by atoms with Crippen LogP contribution < -0.4 is 9.30 Å². The Morgan fingerprint density at radius 2 is 1.19 bits per heavy atom. The van der Waals surface area contributed by atoms with E-state index in [2.05, 4.69) is 6.33 Å². The lowest BCUT2D eigenvalue weighted by Gasteiger charge is -2.42. The molecule has 0 aliphatic heterocycles. The molecule has 2 aliphatic rings. The molecule has 0 fully saturated rings. The molecule has 0 saturated carbocycles. The van der Waals surface area contributed by atoms with Crippen LogP contribution in [0.4, 0.5) is 0 Å². The van der Waals surface area contributed by atoms with Gasteiger partial charge in [0.15, 0.2) is 0 Å². The van der Waals surface area contributed by atoms with E-state index in [1.165, 1.54) is 53.1 Å². The lowest BCUT2D eigenvalue weighted by atomic mass is 9.62. The highest BCUT2D eigenvalue weighted by Gasteiger charge is 2.39. The zero-order valence-electron chi connectivity index (χ0n) is 80.1. The zero-order chi connectivity index (χ0) is 85.8. The molecule has 5 heteroatoms. The Labute approximate surface area is 489 Å². The van der Waals surface area contributed by atoms with Crippen molar-refractivity contribution in [2.24, 2.45) is 0 Å². The van der Waals surface area contributed by atoms with E-state index >= 15 is 0 Å². The SMILES string of the molecule is [2H]c1c([2H])c(-c2c([2H])c([2H])c3c(c2[2H])C(C([2H])([2H])[2H])(C([2H])([2H])[2H])C([2H])([2H])C([2H])([2H])C3(C([2H])([2H])[2H])C([2H])([2H])[2H])c(-[n+]2[c-]n(-c3cccc(Oc4ccc5c6ccccc6n(-c6cc(C(C)(C)C)ccn6)c5c4)c3)c3ccccc32)c(-c2c([2H])c([2H])c3c(c2[2H])C(C([2H])([2H])[2H])(C([2H])([2H])[2H])C([2H])([2H])C([2H])([2H])C3(C([2H])([2H])[2H])C([2H])([2H])[2H])c1[2H]. The third-order valence-corrected chi connectivity index (χ3v) is 12.9. The van der Waals surface area contributed by atoms with E-state index in [9.17, 15) is 23.3 Å². The van der Waals surface area contributed by atoms with Crippen molar-refractivity contribution in [3.05, 3.63) is 198 Å². The number of rotatable bonds is 7. The second kappa shape index (κ2) is 16.6. The minimum atomic E-state index is -4.97. The maximum atomic E-state index is 10.4. The monoisotopic (exact) mass is 998 g/mol. The topological polar surface area (TPSA) is 35.9 Å². The molecule has 0 spiro atoms. The summed E-state index contributed by atoms with van der Waals surface area (Å²) in [6.45, 7) is -31.1. The lowest BCUT2D eigenvalue weighted by molar-refractivity contribution is -0.571. The maximum Gasteiger partial charge on any atom is 0.269 e. The molecule has 12 rings (SSSR count). The van der Waals surface area contributed by atoms with Crippen LogP contribution in [0.1, 0.15) is 185 Å². The number of imidazole rings is 1. The van der Waals surface area contributed by atoms with Gasteiger partial charge in [0.05, 0.1) is 45.8 Å². The van der Waals surface area contributed by atoms with Crippen LogP contribution in [0.2, 0.25) is 0 Å². The molecule has 7 aromatic carbocycles. The zero-order valence-corrected chi connectivity index (χ0v) is 39.1. The second-order valence-corrected chi connectivity index (χ2v) is 19.0. The van der Waals surface area contributed by atoms with Crippen LogP contribution in [-0.4, -0.2) is 14.1 Å². The molecule has 3 heterocycles. The quantitative estimate of drug-likeness (QED) is 0.118. The summed E-state index contributed by atoms with van der Waals surface area (Å²) in [5.41, 5.74) is -33.5. The van der Waals surface area contributed by atoms with Crippen molar-refractivity contribution < 1.29 is 65.5 Å². The molecule has 0 amide bonds. The standard InChI is InChI=1S/C68H68N4O/c1-64(2,3)46-32-37-69-62(40-46)72-58-23-13-12-20-52(58)53-29-28-49(42-61(53)72)73-48-19-16-18-47(41-48)70-43-71(60-25-15-14-24-59(60)70)63-50(44-26-30-54-56(38-44)67(8,9)35-33-65(54,4)5)21-17-22-51(63)45-27-31-55-57(39-45)68(10,11)36-34-66(55,6)7/h12-32,37-42H,33-36H2,1-11H3/i4D3,5D3,6D3,7D3,8D3,9D3,10D3,11D3,17D,21D,22D,26D,27D,30D,31D,33D2,34D2,35D2,36D2,38D,39D. The number of aromatic nitrogens is 4. The average Bonchev–Trinajstić information content (AvgIpc) is 0.685. The summed E-state index contributed by atoms with van der Waals surface area (Å²) in [7, 11) is 0. The fraction of sp³-hybridized carbons (Fsp3) is 0.294. The van der Waals surface area contributed by atoms with Crippen LogP contribution >= 0.6 is 0 Å². The van der Waals surface area contributed by atoms with E-state index in [-0.39, 0.29) is 33.6 Å². The highest BCUT2D eigenvalue weighted by atomic mass is 16.5. The van der Waals surface area contributed by atoms with E-state index < -0.39 is 207 Å². The molecule has 0 saturated heterocycles. The molecular formula is C68H68N4O. The molecule has 0 N–H and O–H groups in total. The summed E-state index contributed by atoms with van der Waals surface area (Å²) >= 11 is 0. The summed E-state index contributed by atoms with van der Waals surface area (Å²) in [6, 6.07) is 11.2. The van der Waals surface area contributed by atoms with E-state index in [0.717, 1.165) is 21.9 Å². The summed E-state index contributed by atoms with van der Waals surface area (Å²) in [6.07, 6.45) is -15.1. The minimum Gasteiger partial charge on any atom is -0.458 e. The molecule has 3 aromatic heterocycles. The van der Waals surface area contributed by atoms with Crippen molar-refractivity contribution >= 4 is 32.8 Å². The van der Waals surface area contributed by atoms with E-state index in [4.69, 9.17) is 42.6 Å². The van der Waals surface area contributed by atoms with Gasteiger partial charge in [-0.25, -0.2) is 4.98 Å². The van der Waals surface area contributed by atoms with Gasteiger partial charge in [-0.2, -0.15) is 0 Å². The molecule has 2 aliphatic carbocycles. The van der Waals surface area contributed by atoms with Gasteiger partial charge in [0.1, 0.15) is 17.3 Å². The Bertz CT molecular complexity index is 5420. The molecule has 5 nitrogen and oxygen atoms in total. The summed E-state index contributed by atoms with van der Waals surface area (Å²) in [4.78, 5) is 4.75. The number of fused-ring (bicyclic) bond motifs is 6. The van der Waals surface area contributed by atoms with Gasteiger partial charge in [0.2, 0.25) is 0 Å². The van der Waals surface area contributed by atoms with Crippen molar-refractivity contribution in [2.75, 3.05) is 0 Å². The number of nitrogens with zero attached hydrogens (tertiary/aromatic N) is 4. The fourth-order valence-corrected chi connectivity index (χ4v) is 9.30. The van der Waals surface area contributed by atoms with Crippen LogP contribution in [0.3, 0.4) is 0 Å². The van der Waals surface area contributed by atoms with Crippen molar-refractivity contribution in [1.29, 1.82) is 0 Å². The van der Waals surface area contributed by atoms with Gasteiger partial charge in [-0.3, -0.25) is 13.7 Å². The first kappa shape index (κ1) is 19.9. The van der Waals surface area contributed by atoms with Gasteiger partial charge in [-0.05, 0) is 151 Å². The number of ether oxygens (including phenoxy) is 1. The van der Waals surface area contributed by atoms with Crippen LogP contribution in [0.25, 0.3) is 72.3 Å². The minimum absolute atomic E-state index is 0.00274. The molecule has 0 bridgehead atoms. The first-order chi connectivity index (χ1) is 51.6. The van der Waals surface area contributed by atoms with Gasteiger partial charge in [0, 0.05) is 66.9 Å². The van der Waals surface area contributed by atoms with Gasteiger partial charge >= 0.3 is 0 Å². The fourth-order valence-electron chi connectivity index (χ4n) is 9.30. The molecule has 0 unspecified atom stereocenters. The lowest BCUT2D eigenvalue weighted by Crippen LogP contribution is -2.34. The molecule has 0 radical (unpaired) electrons. The van der Waals surface area contributed by atoms with Crippen LogP contribution in [0.5, 0.6) is 11.5 Å². The Morgan fingerprint density at radius 3 is 1.84 bits per heavy atom. The first-order valence-electron chi connectivity index (χ1n) is 43.3. The Morgan fingerprint density at radius 1 is 0.603 bits per heavy atom. The molecule has 10 aromatic rings. The number of hydrogen-bond acceptors (Lipinski definition) is 2. The van der Waals surface area contributed by atoms with E-state index in [1.54, 1.807) is 18.3 Å². The van der Waals surface area contributed by atoms with Gasteiger partial charge < -0.3 is 4.74 Å². The van der Waals surface area contributed by atoms with Crippen LogP contribution in [0.15, 0.2) is 164 Å². The third-order valence-electron chi connectivity index (χ3n) is 12.9. The van der Waals surface area contributed by atoms with E-state index in [1.807, 2.05) is 67.8 Å². The second-order valence-electron chi connectivity index (χ2n) is 19.0. The third kappa shape index (κ3) is 7.89. The van der Waals surface area contributed by atoms with E-state index in [0.29, 0.717) is 15.9 Å². The van der Waals surface area contributed by atoms with Crippen LogP contribution in [0, 0.1) is 6.33 Å². The number of hydrogen-bond donors (Lipinski definition) is 0. The largest absolute Gasteiger partial charge is 0.458 e. The first-order valence-corrected chi connectivity index (χ1v) is 22.8. The molecular weight excluding hydrogens is 889 g/mol. The smallest absolute Gasteiger partial charge is 0.269 e. The van der Waals surface area contributed by atoms with Gasteiger partial charge in [0.25, 0.3) is 6.33 Å². The average molecular weight is 999 g/mol. The summed E-state index contributed by atoms with van der Waals surface area (Å²) in [5.74, 6) is 0.847. The highest BCUT2D eigenvalue weighted by molar-refractivity contribution is 6.09. The van der Waals surface area contributed by atoms with Gasteiger partial charge in [-0.15, -0.1) is 0 Å². The van der Waals surface area contributed by atoms with Gasteiger partial charge in [-0.1, -0.05) is 178 Å². The predicted octanol–water partition coefficient (Wildman–Crippen LogP) is 17.3. The van der Waals surface area contributed by atoms with Crippen molar-refractivity contribution in [1.82, 2.24) is 14.1 Å². The Balaban J connectivity index is 1.29. The Hall–Kier alpha value is -7.24. The number of pyridine rings is 1. The van der Waals surface area contributed by atoms with Crippen molar-refractivity contribution in [2.45, 2.75) is 128 Å². The van der Waals surface area contributed by atoms with Crippen molar-refractivity contribution in [3.8, 4) is 50.9 Å². The maximum absolute atomic E-state index is 10.4.